The van der Waals surface area contributed by atoms with E-state index in [1.54, 1.807) is 0 Å². The first-order valence-corrected chi connectivity index (χ1v) is 5.78. The molecule has 0 spiro atoms. The summed E-state index contributed by atoms with van der Waals surface area (Å²) < 4.78 is 0. The Morgan fingerprint density at radius 3 is 2.06 bits per heavy atom. The van der Waals surface area contributed by atoms with Gasteiger partial charge in [-0.15, -0.1) is 0 Å². The van der Waals surface area contributed by atoms with E-state index in [0.717, 1.165) is 12.8 Å². The number of aryl methyl sites for hydroxylation is 2. The molecule has 0 saturated carbocycles. The molecule has 0 fully saturated rings. The highest BCUT2D eigenvalue weighted by Crippen LogP contribution is 2.23. The zero-order valence-corrected chi connectivity index (χ0v) is 10.7. The fourth-order valence-electron chi connectivity index (χ4n) is 2.11. The van der Waals surface area contributed by atoms with Crippen LogP contribution in [0.15, 0.2) is 6.07 Å². The maximum Gasteiger partial charge on any atom is 0.217 e. The van der Waals surface area contributed by atoms with Crippen molar-refractivity contribution in [2.75, 3.05) is 0 Å². The normalized spacial score (nSPS) is 10.5. The van der Waals surface area contributed by atoms with Gasteiger partial charge in [-0.2, -0.15) is 0 Å². The number of rotatable bonds is 4. The molecule has 0 saturated heterocycles. The Bertz CT molecular complexity index is 381. The Hall–Kier alpha value is -1.31. The predicted molar refractivity (Wildman–Crippen MR) is 67.5 cm³/mol. The van der Waals surface area contributed by atoms with Crippen molar-refractivity contribution in [2.24, 2.45) is 5.73 Å². The second kappa shape index (κ2) is 5.15. The number of hydrogen-bond donors (Lipinski definition) is 1. The monoisotopic (exact) mass is 219 g/mol. The molecule has 1 aromatic rings. The Labute approximate surface area is 97.9 Å². The summed E-state index contributed by atoms with van der Waals surface area (Å²) in [6, 6.07) is 2.22. The fourth-order valence-corrected chi connectivity index (χ4v) is 2.11. The number of hydrogen-bond acceptors (Lipinski definition) is 1. The van der Waals surface area contributed by atoms with Gasteiger partial charge in [0.25, 0.3) is 0 Å². The number of amides is 1. The predicted octanol–water partition coefficient (Wildman–Crippen LogP) is 2.73. The Morgan fingerprint density at radius 1 is 1.12 bits per heavy atom. The van der Waals surface area contributed by atoms with Crippen molar-refractivity contribution in [3.05, 3.63) is 33.9 Å². The van der Waals surface area contributed by atoms with Gasteiger partial charge in [-0.25, -0.2) is 0 Å². The minimum atomic E-state index is -0.209. The number of benzene rings is 1. The third kappa shape index (κ3) is 2.84. The van der Waals surface area contributed by atoms with Crippen LogP contribution >= 0.6 is 0 Å². The molecule has 16 heavy (non-hydrogen) atoms. The maximum atomic E-state index is 10.7. The Balaban J connectivity index is 2.90. The average Bonchev–Trinajstić information content (AvgIpc) is 2.20. The highest BCUT2D eigenvalue weighted by molar-refractivity contribution is 5.73. The summed E-state index contributed by atoms with van der Waals surface area (Å²) in [5, 5.41) is 0. The van der Waals surface area contributed by atoms with Crippen molar-refractivity contribution >= 4 is 5.91 Å². The Morgan fingerprint density at radius 2 is 1.62 bits per heavy atom. The van der Waals surface area contributed by atoms with Crippen LogP contribution in [0.4, 0.5) is 0 Å². The number of nitrogens with two attached hydrogens (primary N) is 1. The molecule has 0 radical (unpaired) electrons. The van der Waals surface area contributed by atoms with Gasteiger partial charge in [0.15, 0.2) is 0 Å². The van der Waals surface area contributed by atoms with Crippen molar-refractivity contribution in [3.63, 3.8) is 0 Å². The highest BCUT2D eigenvalue weighted by Gasteiger charge is 2.08. The molecular weight excluding hydrogens is 198 g/mol. The molecule has 2 heteroatoms. The van der Waals surface area contributed by atoms with Crippen LogP contribution in [-0.2, 0) is 11.2 Å². The number of primary amides is 1. The molecule has 0 aliphatic carbocycles. The van der Waals surface area contributed by atoms with E-state index in [-0.39, 0.29) is 5.91 Å². The summed E-state index contributed by atoms with van der Waals surface area (Å²) in [5.41, 5.74) is 11.9. The summed E-state index contributed by atoms with van der Waals surface area (Å²) in [6.07, 6.45) is 2.27. The number of carbonyl (C=O) groups is 1. The summed E-state index contributed by atoms with van der Waals surface area (Å²) in [6.45, 7) is 8.58. The van der Waals surface area contributed by atoms with Crippen LogP contribution < -0.4 is 5.73 Å². The van der Waals surface area contributed by atoms with E-state index in [0.29, 0.717) is 6.42 Å². The minimum absolute atomic E-state index is 0.209. The molecule has 2 nitrogen and oxygen atoms in total. The van der Waals surface area contributed by atoms with Crippen LogP contribution in [0.3, 0.4) is 0 Å². The molecule has 0 heterocycles. The molecule has 0 atom stereocenters. The van der Waals surface area contributed by atoms with Gasteiger partial charge >= 0.3 is 0 Å². The molecule has 0 aromatic heterocycles. The van der Waals surface area contributed by atoms with Gasteiger partial charge in [0, 0.05) is 6.42 Å². The van der Waals surface area contributed by atoms with Crippen LogP contribution in [0.5, 0.6) is 0 Å². The molecule has 88 valence electrons. The largest absolute Gasteiger partial charge is 0.370 e. The summed E-state index contributed by atoms with van der Waals surface area (Å²) in [5.74, 6) is -0.209. The lowest BCUT2D eigenvalue weighted by atomic mass is 9.91. The standard InChI is InChI=1S/C14H21NO/c1-9-8-10(2)12(4)13(11(9)3)6-5-7-14(15)16/h8H,5-7H2,1-4H3,(H2,15,16). The molecule has 1 aromatic carbocycles. The topological polar surface area (TPSA) is 43.1 Å². The summed E-state index contributed by atoms with van der Waals surface area (Å²) in [4.78, 5) is 10.7. The zero-order valence-electron chi connectivity index (χ0n) is 10.7. The SMILES string of the molecule is Cc1cc(C)c(C)c(CCCC(N)=O)c1C. The van der Waals surface area contributed by atoms with E-state index >= 15 is 0 Å². The lowest BCUT2D eigenvalue weighted by molar-refractivity contribution is -0.118. The van der Waals surface area contributed by atoms with Gasteiger partial charge in [-0.3, -0.25) is 4.79 Å². The van der Waals surface area contributed by atoms with Crippen LogP contribution in [0.1, 0.15) is 40.7 Å². The average molecular weight is 219 g/mol. The first-order chi connectivity index (χ1) is 7.43. The van der Waals surface area contributed by atoms with Crippen molar-refractivity contribution in [1.82, 2.24) is 0 Å². The van der Waals surface area contributed by atoms with E-state index in [1.165, 1.54) is 27.8 Å². The molecule has 0 unspecified atom stereocenters. The second-order valence-electron chi connectivity index (χ2n) is 4.56. The highest BCUT2D eigenvalue weighted by atomic mass is 16.1. The van der Waals surface area contributed by atoms with Crippen molar-refractivity contribution in [3.8, 4) is 0 Å². The molecule has 0 aliphatic heterocycles. The molecule has 2 N–H and O–H groups in total. The Kier molecular flexibility index (Phi) is 4.11. The molecule has 1 amide bonds. The van der Waals surface area contributed by atoms with Gasteiger partial charge < -0.3 is 5.73 Å². The lowest BCUT2D eigenvalue weighted by Gasteiger charge is -2.14. The van der Waals surface area contributed by atoms with Gasteiger partial charge in [0.2, 0.25) is 5.91 Å². The molecule has 0 bridgehead atoms. The van der Waals surface area contributed by atoms with Gasteiger partial charge in [0.05, 0.1) is 0 Å². The molecule has 0 aliphatic rings. The molecule has 1 rings (SSSR count). The van der Waals surface area contributed by atoms with E-state index in [9.17, 15) is 4.79 Å². The van der Waals surface area contributed by atoms with Crippen LogP contribution in [0, 0.1) is 27.7 Å². The third-order valence-electron chi connectivity index (χ3n) is 3.37. The van der Waals surface area contributed by atoms with Crippen molar-refractivity contribution in [2.45, 2.75) is 47.0 Å². The van der Waals surface area contributed by atoms with Gasteiger partial charge in [0.1, 0.15) is 0 Å². The summed E-state index contributed by atoms with van der Waals surface area (Å²) >= 11 is 0. The van der Waals surface area contributed by atoms with E-state index < -0.39 is 0 Å². The van der Waals surface area contributed by atoms with Crippen LogP contribution in [0.2, 0.25) is 0 Å². The smallest absolute Gasteiger partial charge is 0.217 e. The van der Waals surface area contributed by atoms with Crippen molar-refractivity contribution in [1.29, 1.82) is 0 Å². The maximum absolute atomic E-state index is 10.7. The minimum Gasteiger partial charge on any atom is -0.370 e. The molecular formula is C14H21NO. The number of carbonyl (C=O) groups excluding carboxylic acids is 1. The first kappa shape index (κ1) is 12.8. The summed E-state index contributed by atoms with van der Waals surface area (Å²) in [7, 11) is 0. The quantitative estimate of drug-likeness (QED) is 0.831. The first-order valence-electron chi connectivity index (χ1n) is 5.78. The van der Waals surface area contributed by atoms with Crippen molar-refractivity contribution < 1.29 is 4.79 Å². The van der Waals surface area contributed by atoms with Crippen LogP contribution in [0.25, 0.3) is 0 Å². The van der Waals surface area contributed by atoms with E-state index in [2.05, 4.69) is 33.8 Å². The third-order valence-corrected chi connectivity index (χ3v) is 3.37. The second-order valence-corrected chi connectivity index (χ2v) is 4.56. The van der Waals surface area contributed by atoms with E-state index in [1.807, 2.05) is 0 Å². The van der Waals surface area contributed by atoms with E-state index in [4.69, 9.17) is 5.73 Å². The zero-order chi connectivity index (χ0) is 12.3. The van der Waals surface area contributed by atoms with Gasteiger partial charge in [-0.1, -0.05) is 6.07 Å². The van der Waals surface area contributed by atoms with Gasteiger partial charge in [-0.05, 0) is 68.4 Å². The fraction of sp³-hybridized carbons (Fsp3) is 0.500. The van der Waals surface area contributed by atoms with Crippen LogP contribution in [-0.4, -0.2) is 5.91 Å². The lowest BCUT2D eigenvalue weighted by Crippen LogP contribution is -2.10.